The van der Waals surface area contributed by atoms with Crippen molar-refractivity contribution in [3.05, 3.63) is 48.5 Å². The van der Waals surface area contributed by atoms with Gasteiger partial charge < -0.3 is 19.4 Å². The Balaban J connectivity index is 1.70. The number of amides is 1. The zero-order valence-electron chi connectivity index (χ0n) is 18.8. The molecule has 0 fully saturated rings. The number of unbranched alkanes of at least 4 members (excludes halogenated alkanes) is 1. The summed E-state index contributed by atoms with van der Waals surface area (Å²) in [5.74, 6) is 2.39. The summed E-state index contributed by atoms with van der Waals surface area (Å²) < 4.78 is 13.1. The maximum absolute atomic E-state index is 12.6. The minimum atomic E-state index is -0.112. The van der Waals surface area contributed by atoms with Gasteiger partial charge in [0.25, 0.3) is 0 Å². The SMILES string of the molecule is CCCCn1c(SCC(=O)Nc2ccccc2OCCC)nnc1-c1ccc(OC)cc1. The zero-order valence-corrected chi connectivity index (χ0v) is 19.7. The van der Waals surface area contributed by atoms with Crippen molar-refractivity contribution in [2.24, 2.45) is 0 Å². The van der Waals surface area contributed by atoms with Crippen LogP contribution in [-0.4, -0.2) is 40.1 Å². The molecule has 2 aromatic carbocycles. The Morgan fingerprint density at radius 3 is 2.56 bits per heavy atom. The lowest BCUT2D eigenvalue weighted by Crippen LogP contribution is -2.15. The number of anilines is 1. The number of nitrogens with one attached hydrogen (secondary N) is 1. The molecule has 0 aliphatic rings. The lowest BCUT2D eigenvalue weighted by molar-refractivity contribution is -0.113. The molecule has 1 aromatic heterocycles. The molecule has 0 atom stereocenters. The molecular formula is C24H30N4O3S. The van der Waals surface area contributed by atoms with Crippen molar-refractivity contribution in [3.63, 3.8) is 0 Å². The van der Waals surface area contributed by atoms with Crippen LogP contribution < -0.4 is 14.8 Å². The minimum absolute atomic E-state index is 0.112. The molecule has 1 amide bonds. The Bertz CT molecular complexity index is 1000. The molecule has 0 saturated heterocycles. The lowest BCUT2D eigenvalue weighted by Gasteiger charge is -2.12. The Hall–Kier alpha value is -3.00. The number of methoxy groups -OCH3 is 1. The summed E-state index contributed by atoms with van der Waals surface area (Å²) in [6, 6.07) is 15.2. The predicted octanol–water partition coefficient (Wildman–Crippen LogP) is 5.27. The first-order chi connectivity index (χ1) is 15.7. The Labute approximate surface area is 193 Å². The van der Waals surface area contributed by atoms with E-state index >= 15 is 0 Å². The third-order valence-electron chi connectivity index (χ3n) is 4.76. The van der Waals surface area contributed by atoms with Gasteiger partial charge in [-0.3, -0.25) is 4.79 Å². The van der Waals surface area contributed by atoms with Gasteiger partial charge in [0.1, 0.15) is 11.5 Å². The van der Waals surface area contributed by atoms with Gasteiger partial charge in [0, 0.05) is 12.1 Å². The molecule has 8 heteroatoms. The highest BCUT2D eigenvalue weighted by Gasteiger charge is 2.16. The Morgan fingerprint density at radius 1 is 1.06 bits per heavy atom. The lowest BCUT2D eigenvalue weighted by atomic mass is 10.2. The molecule has 0 spiro atoms. The fourth-order valence-electron chi connectivity index (χ4n) is 3.09. The van der Waals surface area contributed by atoms with Crippen molar-refractivity contribution >= 4 is 23.4 Å². The number of para-hydroxylation sites is 2. The molecule has 1 heterocycles. The maximum Gasteiger partial charge on any atom is 0.234 e. The van der Waals surface area contributed by atoms with E-state index in [1.165, 1.54) is 11.8 Å². The highest BCUT2D eigenvalue weighted by Crippen LogP contribution is 2.27. The molecule has 0 bridgehead atoms. The summed E-state index contributed by atoms with van der Waals surface area (Å²) in [6.07, 6.45) is 2.96. The van der Waals surface area contributed by atoms with E-state index in [0.717, 1.165) is 48.1 Å². The second-order valence-electron chi connectivity index (χ2n) is 7.22. The van der Waals surface area contributed by atoms with E-state index < -0.39 is 0 Å². The monoisotopic (exact) mass is 454 g/mol. The quantitative estimate of drug-likeness (QED) is 0.376. The van der Waals surface area contributed by atoms with Gasteiger partial charge in [-0.1, -0.05) is 44.2 Å². The first kappa shape index (κ1) is 23.7. The normalized spacial score (nSPS) is 10.7. The number of hydrogen-bond acceptors (Lipinski definition) is 6. The molecule has 0 aliphatic heterocycles. The fourth-order valence-corrected chi connectivity index (χ4v) is 3.86. The van der Waals surface area contributed by atoms with Crippen LogP contribution in [0.4, 0.5) is 5.69 Å². The molecule has 32 heavy (non-hydrogen) atoms. The van der Waals surface area contributed by atoms with Gasteiger partial charge in [-0.15, -0.1) is 10.2 Å². The smallest absolute Gasteiger partial charge is 0.234 e. The molecule has 0 unspecified atom stereocenters. The molecule has 3 aromatic rings. The number of thioether (sulfide) groups is 1. The summed E-state index contributed by atoms with van der Waals surface area (Å²) in [5.41, 5.74) is 1.64. The largest absolute Gasteiger partial charge is 0.497 e. The minimum Gasteiger partial charge on any atom is -0.497 e. The van der Waals surface area contributed by atoms with Crippen LogP contribution in [0.1, 0.15) is 33.1 Å². The van der Waals surface area contributed by atoms with Crippen molar-refractivity contribution in [2.75, 3.05) is 24.8 Å². The molecule has 170 valence electrons. The molecule has 1 N–H and O–H groups in total. The summed E-state index contributed by atoms with van der Waals surface area (Å²) in [4.78, 5) is 12.6. The number of benzene rings is 2. The van der Waals surface area contributed by atoms with E-state index in [9.17, 15) is 4.79 Å². The number of aromatic nitrogens is 3. The summed E-state index contributed by atoms with van der Waals surface area (Å²) >= 11 is 1.38. The predicted molar refractivity (Wildman–Crippen MR) is 128 cm³/mol. The van der Waals surface area contributed by atoms with Crippen LogP contribution in [0.15, 0.2) is 53.7 Å². The van der Waals surface area contributed by atoms with Gasteiger partial charge >= 0.3 is 0 Å². The van der Waals surface area contributed by atoms with E-state index in [2.05, 4.69) is 27.0 Å². The number of carbonyl (C=O) groups is 1. The second kappa shape index (κ2) is 12.1. The van der Waals surface area contributed by atoms with E-state index in [1.807, 2.05) is 55.5 Å². The Morgan fingerprint density at radius 2 is 1.84 bits per heavy atom. The average molecular weight is 455 g/mol. The van der Waals surface area contributed by atoms with Crippen molar-refractivity contribution in [1.29, 1.82) is 0 Å². The average Bonchev–Trinajstić information content (AvgIpc) is 3.23. The van der Waals surface area contributed by atoms with Crippen molar-refractivity contribution in [1.82, 2.24) is 14.8 Å². The summed E-state index contributed by atoms with van der Waals surface area (Å²) in [5, 5.41) is 12.4. The van der Waals surface area contributed by atoms with Crippen LogP contribution in [0.25, 0.3) is 11.4 Å². The molecular weight excluding hydrogens is 424 g/mol. The standard InChI is InChI=1S/C24H30N4O3S/c1-4-6-15-28-23(18-11-13-19(30-3)14-12-18)26-27-24(28)32-17-22(29)25-20-9-7-8-10-21(20)31-16-5-2/h7-14H,4-6,15-17H2,1-3H3,(H,25,29). The van der Waals surface area contributed by atoms with Crippen molar-refractivity contribution in [3.8, 4) is 22.9 Å². The second-order valence-corrected chi connectivity index (χ2v) is 8.16. The van der Waals surface area contributed by atoms with Crippen LogP contribution in [0.5, 0.6) is 11.5 Å². The highest BCUT2D eigenvalue weighted by atomic mass is 32.2. The molecule has 0 saturated carbocycles. The maximum atomic E-state index is 12.6. The van der Waals surface area contributed by atoms with Crippen LogP contribution in [0.2, 0.25) is 0 Å². The van der Waals surface area contributed by atoms with Gasteiger partial charge in [0.2, 0.25) is 5.91 Å². The van der Waals surface area contributed by atoms with Gasteiger partial charge in [-0.2, -0.15) is 0 Å². The molecule has 3 rings (SSSR count). The number of hydrogen-bond donors (Lipinski definition) is 1. The van der Waals surface area contributed by atoms with E-state index in [1.54, 1.807) is 7.11 Å². The molecule has 0 aliphatic carbocycles. The Kier molecular flexibility index (Phi) is 8.98. The van der Waals surface area contributed by atoms with Crippen LogP contribution in [0, 0.1) is 0 Å². The van der Waals surface area contributed by atoms with Gasteiger partial charge in [-0.25, -0.2) is 0 Å². The number of rotatable bonds is 12. The van der Waals surface area contributed by atoms with E-state index in [4.69, 9.17) is 9.47 Å². The van der Waals surface area contributed by atoms with E-state index in [0.29, 0.717) is 18.0 Å². The highest BCUT2D eigenvalue weighted by molar-refractivity contribution is 7.99. The number of carbonyl (C=O) groups excluding carboxylic acids is 1. The fraction of sp³-hybridized carbons (Fsp3) is 0.375. The number of ether oxygens (including phenoxy) is 2. The van der Waals surface area contributed by atoms with Gasteiger partial charge in [0.05, 0.1) is 25.2 Å². The van der Waals surface area contributed by atoms with Gasteiger partial charge in [-0.05, 0) is 49.2 Å². The van der Waals surface area contributed by atoms with E-state index in [-0.39, 0.29) is 11.7 Å². The van der Waals surface area contributed by atoms with Crippen molar-refractivity contribution in [2.45, 2.75) is 44.8 Å². The first-order valence-electron chi connectivity index (χ1n) is 10.9. The van der Waals surface area contributed by atoms with Crippen LogP contribution >= 0.6 is 11.8 Å². The molecule has 0 radical (unpaired) electrons. The number of nitrogens with zero attached hydrogens (tertiary/aromatic N) is 3. The van der Waals surface area contributed by atoms with Gasteiger partial charge in [0.15, 0.2) is 11.0 Å². The zero-order chi connectivity index (χ0) is 22.8. The summed E-state index contributed by atoms with van der Waals surface area (Å²) in [7, 11) is 1.65. The first-order valence-corrected chi connectivity index (χ1v) is 11.9. The topological polar surface area (TPSA) is 78.3 Å². The van der Waals surface area contributed by atoms with Crippen LogP contribution in [0.3, 0.4) is 0 Å². The third-order valence-corrected chi connectivity index (χ3v) is 5.72. The van der Waals surface area contributed by atoms with Crippen LogP contribution in [-0.2, 0) is 11.3 Å². The summed E-state index contributed by atoms with van der Waals surface area (Å²) in [6.45, 7) is 5.60. The molecule has 7 nitrogen and oxygen atoms in total. The third kappa shape index (κ3) is 6.26. The van der Waals surface area contributed by atoms with Crippen molar-refractivity contribution < 1.29 is 14.3 Å².